The van der Waals surface area contributed by atoms with E-state index in [0.717, 1.165) is 28.6 Å². The number of allylic oxidation sites excluding steroid dienone is 5. The Balaban J connectivity index is 4.29. The fourth-order valence-corrected chi connectivity index (χ4v) is 1.24. The van der Waals surface area contributed by atoms with Crippen molar-refractivity contribution in [3.05, 3.63) is 34.5 Å². The molecule has 0 spiro atoms. The second kappa shape index (κ2) is 6.06. The Morgan fingerprint density at radius 2 is 1.92 bits per heavy atom. The van der Waals surface area contributed by atoms with Crippen molar-refractivity contribution in [1.82, 2.24) is 0 Å². The first-order valence-corrected chi connectivity index (χ1v) is 4.90. The number of nitrogens with two attached hydrogens (primary N) is 1. The van der Waals surface area contributed by atoms with Crippen LogP contribution in [0.15, 0.2) is 34.5 Å². The first-order valence-electron chi connectivity index (χ1n) is 4.11. The van der Waals surface area contributed by atoms with Gasteiger partial charge in [0.1, 0.15) is 0 Å². The Labute approximate surface area is 83.2 Å². The smallest absolute Gasteiger partial charge is 0.0194 e. The molecule has 0 aromatic heterocycles. The molecule has 1 nitrogen and oxygen atoms in total. The fraction of sp³-hybridized carbons (Fsp3) is 0.400. The van der Waals surface area contributed by atoms with E-state index < -0.39 is 0 Å². The zero-order valence-corrected chi connectivity index (χ0v) is 9.32. The summed E-state index contributed by atoms with van der Waals surface area (Å²) in [6.45, 7) is 7.97. The van der Waals surface area contributed by atoms with Gasteiger partial charge in [-0.2, -0.15) is 0 Å². The average molecular weight is 230 g/mol. The largest absolute Gasteiger partial charge is 0.402 e. The van der Waals surface area contributed by atoms with E-state index in [-0.39, 0.29) is 0 Å². The Morgan fingerprint density at radius 3 is 2.33 bits per heavy atom. The highest BCUT2D eigenvalue weighted by Crippen LogP contribution is 2.13. The summed E-state index contributed by atoms with van der Waals surface area (Å²) in [5, 5.41) is 0. The normalized spacial score (nSPS) is 13.2. The van der Waals surface area contributed by atoms with Gasteiger partial charge in [-0.15, -0.1) is 0 Å². The van der Waals surface area contributed by atoms with E-state index in [1.54, 1.807) is 0 Å². The van der Waals surface area contributed by atoms with E-state index in [4.69, 9.17) is 5.73 Å². The second-order valence-corrected chi connectivity index (χ2v) is 3.53. The molecular weight excluding hydrogens is 214 g/mol. The Kier molecular flexibility index (Phi) is 5.81. The van der Waals surface area contributed by atoms with Crippen LogP contribution in [0.3, 0.4) is 0 Å². The minimum Gasteiger partial charge on any atom is -0.402 e. The number of hydrogen-bond donors (Lipinski definition) is 1. The van der Waals surface area contributed by atoms with E-state index in [9.17, 15) is 0 Å². The van der Waals surface area contributed by atoms with Gasteiger partial charge in [0.25, 0.3) is 0 Å². The maximum absolute atomic E-state index is 5.65. The van der Waals surface area contributed by atoms with Crippen LogP contribution in [0.5, 0.6) is 0 Å². The fourth-order valence-electron chi connectivity index (χ4n) is 0.618. The Hall–Kier alpha value is -0.500. The molecule has 0 heterocycles. The van der Waals surface area contributed by atoms with E-state index in [1.165, 1.54) is 0 Å². The van der Waals surface area contributed by atoms with Crippen molar-refractivity contribution in [1.29, 1.82) is 0 Å². The monoisotopic (exact) mass is 229 g/mol. The van der Waals surface area contributed by atoms with Crippen LogP contribution < -0.4 is 5.73 Å². The van der Waals surface area contributed by atoms with Crippen molar-refractivity contribution in [2.75, 3.05) is 0 Å². The van der Waals surface area contributed by atoms with E-state index in [2.05, 4.69) is 29.4 Å². The van der Waals surface area contributed by atoms with Crippen molar-refractivity contribution in [2.45, 2.75) is 26.7 Å². The van der Waals surface area contributed by atoms with Crippen LogP contribution in [0.1, 0.15) is 26.7 Å². The van der Waals surface area contributed by atoms with Crippen molar-refractivity contribution in [3.8, 4) is 0 Å². The first kappa shape index (κ1) is 11.5. The third-order valence-corrected chi connectivity index (χ3v) is 1.99. The van der Waals surface area contributed by atoms with Gasteiger partial charge in [-0.3, -0.25) is 0 Å². The first-order chi connectivity index (χ1) is 5.60. The molecule has 0 aromatic rings. The van der Waals surface area contributed by atoms with Gasteiger partial charge in [-0.1, -0.05) is 41.9 Å². The lowest BCUT2D eigenvalue weighted by Crippen LogP contribution is -1.93. The summed E-state index contributed by atoms with van der Waals surface area (Å²) in [6, 6.07) is 0. The molecule has 0 unspecified atom stereocenters. The second-order valence-electron chi connectivity index (χ2n) is 2.61. The lowest BCUT2D eigenvalue weighted by atomic mass is 10.2. The summed E-state index contributed by atoms with van der Waals surface area (Å²) in [6.07, 6.45) is 5.75. The van der Waals surface area contributed by atoms with Crippen LogP contribution in [0.4, 0.5) is 0 Å². The highest BCUT2D eigenvalue weighted by molar-refractivity contribution is 9.11. The zero-order valence-electron chi connectivity index (χ0n) is 7.73. The van der Waals surface area contributed by atoms with Crippen LogP contribution >= 0.6 is 15.9 Å². The minimum absolute atomic E-state index is 0.877. The topological polar surface area (TPSA) is 26.0 Å². The summed E-state index contributed by atoms with van der Waals surface area (Å²) in [4.78, 5) is 0. The molecule has 0 amide bonds. The molecule has 0 aromatic carbocycles. The van der Waals surface area contributed by atoms with Crippen LogP contribution in [0.2, 0.25) is 0 Å². The number of halogens is 1. The Morgan fingerprint density at radius 1 is 1.33 bits per heavy atom. The van der Waals surface area contributed by atoms with Gasteiger partial charge in [0, 0.05) is 10.2 Å². The highest BCUT2D eigenvalue weighted by atomic mass is 79.9. The quantitative estimate of drug-likeness (QED) is 0.735. The van der Waals surface area contributed by atoms with Gasteiger partial charge < -0.3 is 5.73 Å². The average Bonchev–Trinajstić information content (AvgIpc) is 2.03. The lowest BCUT2D eigenvalue weighted by Gasteiger charge is -1.96. The van der Waals surface area contributed by atoms with E-state index in [1.807, 2.05) is 19.1 Å². The summed E-state index contributed by atoms with van der Waals surface area (Å²) < 4.78 is 0.994. The lowest BCUT2D eigenvalue weighted by molar-refractivity contribution is 1.07. The Bertz CT molecular complexity index is 214. The number of rotatable bonds is 4. The molecule has 0 aliphatic heterocycles. The van der Waals surface area contributed by atoms with Gasteiger partial charge >= 0.3 is 0 Å². The molecule has 0 aliphatic rings. The van der Waals surface area contributed by atoms with Gasteiger partial charge in [-0.05, 0) is 25.0 Å². The molecule has 68 valence electrons. The molecule has 0 saturated heterocycles. The standard InChI is InChI=1S/C10H16BrN/c1-4-8(3)6-9(11)7-10(12)5-2/h6-7H,3-5,12H2,1-2H3/b9-6+,10-7-. The molecule has 0 aliphatic carbocycles. The van der Waals surface area contributed by atoms with Crippen molar-refractivity contribution >= 4 is 15.9 Å². The molecule has 0 atom stereocenters. The van der Waals surface area contributed by atoms with Gasteiger partial charge in [0.2, 0.25) is 0 Å². The van der Waals surface area contributed by atoms with Gasteiger partial charge in [0.15, 0.2) is 0 Å². The van der Waals surface area contributed by atoms with E-state index in [0.29, 0.717) is 0 Å². The van der Waals surface area contributed by atoms with E-state index >= 15 is 0 Å². The highest BCUT2D eigenvalue weighted by Gasteiger charge is 1.90. The third kappa shape index (κ3) is 5.19. The van der Waals surface area contributed by atoms with Crippen LogP contribution in [-0.4, -0.2) is 0 Å². The summed E-state index contributed by atoms with van der Waals surface area (Å²) in [5.74, 6) is 0. The number of hydrogen-bond acceptors (Lipinski definition) is 1. The van der Waals surface area contributed by atoms with Gasteiger partial charge in [-0.25, -0.2) is 0 Å². The van der Waals surface area contributed by atoms with Crippen molar-refractivity contribution < 1.29 is 0 Å². The molecule has 12 heavy (non-hydrogen) atoms. The predicted octanol–water partition coefficient (Wildman–Crippen LogP) is 3.48. The van der Waals surface area contributed by atoms with Crippen molar-refractivity contribution in [2.24, 2.45) is 5.73 Å². The molecule has 2 heteroatoms. The molecule has 0 rings (SSSR count). The molecule has 0 bridgehead atoms. The van der Waals surface area contributed by atoms with Crippen LogP contribution in [0.25, 0.3) is 0 Å². The molecule has 0 radical (unpaired) electrons. The van der Waals surface area contributed by atoms with Crippen LogP contribution in [-0.2, 0) is 0 Å². The minimum atomic E-state index is 0.877. The third-order valence-electron chi connectivity index (χ3n) is 1.53. The molecule has 0 saturated carbocycles. The predicted molar refractivity (Wildman–Crippen MR) is 59.0 cm³/mol. The van der Waals surface area contributed by atoms with Crippen LogP contribution in [0, 0.1) is 0 Å². The van der Waals surface area contributed by atoms with Gasteiger partial charge in [0.05, 0.1) is 0 Å². The molecule has 0 fully saturated rings. The zero-order chi connectivity index (χ0) is 9.56. The summed E-state index contributed by atoms with van der Waals surface area (Å²) in [5.41, 5.74) is 7.63. The molecular formula is C10H16BrN. The molecule has 2 N–H and O–H groups in total. The maximum atomic E-state index is 5.65. The maximum Gasteiger partial charge on any atom is 0.0194 e. The SMILES string of the molecule is C=C(/C=C(Br)\C=C(/N)CC)CC. The summed E-state index contributed by atoms with van der Waals surface area (Å²) in [7, 11) is 0. The summed E-state index contributed by atoms with van der Waals surface area (Å²) >= 11 is 3.40. The van der Waals surface area contributed by atoms with Crippen molar-refractivity contribution in [3.63, 3.8) is 0 Å².